The van der Waals surface area contributed by atoms with Crippen molar-refractivity contribution in [3.63, 3.8) is 0 Å². The molecule has 0 spiro atoms. The third-order valence-corrected chi connectivity index (χ3v) is 6.23. The van der Waals surface area contributed by atoms with Crippen LogP contribution in [-0.2, 0) is 22.9 Å². The molecule has 2 aromatic rings. The van der Waals surface area contributed by atoms with Gasteiger partial charge in [0.15, 0.2) is 17.0 Å². The Labute approximate surface area is 163 Å². The third-order valence-electron chi connectivity index (χ3n) is 6.06. The molecule has 3 fully saturated rings. The molecule has 2 unspecified atom stereocenters. The van der Waals surface area contributed by atoms with Crippen molar-refractivity contribution in [3.8, 4) is 0 Å². The SMILES string of the molecule is Cn1c(CCN2C3CCC2COC3)nc2c(N3CCOCC3)nc(Cl)nc21. The number of rotatable bonds is 4. The number of aryl methyl sites for hydroxylation is 1. The summed E-state index contributed by atoms with van der Waals surface area (Å²) in [7, 11) is 2.02. The van der Waals surface area contributed by atoms with Gasteiger partial charge in [0.05, 0.1) is 26.4 Å². The summed E-state index contributed by atoms with van der Waals surface area (Å²) in [4.78, 5) is 18.7. The van der Waals surface area contributed by atoms with Gasteiger partial charge in [-0.3, -0.25) is 4.90 Å². The van der Waals surface area contributed by atoms with E-state index in [1.54, 1.807) is 0 Å². The average Bonchev–Trinajstić information content (AvgIpc) is 3.11. The van der Waals surface area contributed by atoms with E-state index in [0.29, 0.717) is 25.3 Å². The average molecular weight is 393 g/mol. The molecule has 0 N–H and O–H groups in total. The lowest BCUT2D eigenvalue weighted by atomic mass is 10.2. The van der Waals surface area contributed by atoms with Gasteiger partial charge < -0.3 is 18.9 Å². The number of hydrogen-bond acceptors (Lipinski definition) is 7. The predicted octanol–water partition coefficient (Wildman–Crippen LogP) is 1.26. The number of aromatic nitrogens is 4. The van der Waals surface area contributed by atoms with Gasteiger partial charge in [-0.2, -0.15) is 9.97 Å². The molecule has 8 nitrogen and oxygen atoms in total. The standard InChI is InChI=1S/C18H25ClN6O2/c1-23-14(4-5-25-12-2-3-13(25)11-27-10-12)20-15-16(23)21-18(19)22-17(15)24-6-8-26-9-7-24/h12-13H,2-11H2,1H3. The Morgan fingerprint density at radius 3 is 2.52 bits per heavy atom. The van der Waals surface area contributed by atoms with E-state index < -0.39 is 0 Å². The Morgan fingerprint density at radius 1 is 1.04 bits per heavy atom. The first-order chi connectivity index (χ1) is 13.2. The van der Waals surface area contributed by atoms with Crippen LogP contribution >= 0.6 is 11.6 Å². The number of fused-ring (bicyclic) bond motifs is 3. The molecule has 0 aliphatic carbocycles. The van der Waals surface area contributed by atoms with Crippen LogP contribution in [0, 0.1) is 0 Å². The number of anilines is 1. The molecule has 0 aromatic carbocycles. The maximum atomic E-state index is 6.23. The first kappa shape index (κ1) is 17.6. The van der Waals surface area contributed by atoms with Crippen LogP contribution in [0.5, 0.6) is 0 Å². The van der Waals surface area contributed by atoms with E-state index in [2.05, 4.69) is 24.3 Å². The van der Waals surface area contributed by atoms with E-state index in [1.807, 2.05) is 7.05 Å². The van der Waals surface area contributed by atoms with Crippen molar-refractivity contribution in [1.29, 1.82) is 0 Å². The molecular weight excluding hydrogens is 368 g/mol. The van der Waals surface area contributed by atoms with Crippen LogP contribution in [0.2, 0.25) is 5.28 Å². The van der Waals surface area contributed by atoms with Crippen LogP contribution in [0.1, 0.15) is 18.7 Å². The lowest BCUT2D eigenvalue weighted by molar-refractivity contribution is -0.0140. The summed E-state index contributed by atoms with van der Waals surface area (Å²) in [5.74, 6) is 1.85. The summed E-state index contributed by atoms with van der Waals surface area (Å²) in [5, 5.41) is 0.268. The Bertz CT molecular complexity index is 821. The smallest absolute Gasteiger partial charge is 0.226 e. The molecule has 3 aliphatic rings. The Kier molecular flexibility index (Phi) is 4.67. The van der Waals surface area contributed by atoms with Crippen LogP contribution in [0.3, 0.4) is 0 Å². The van der Waals surface area contributed by atoms with Crippen molar-refractivity contribution < 1.29 is 9.47 Å². The van der Waals surface area contributed by atoms with Gasteiger partial charge in [-0.15, -0.1) is 0 Å². The summed E-state index contributed by atoms with van der Waals surface area (Å²) in [6, 6.07) is 1.13. The molecule has 2 atom stereocenters. The molecule has 0 radical (unpaired) electrons. The second kappa shape index (κ2) is 7.16. The minimum atomic E-state index is 0.268. The molecule has 146 valence electrons. The van der Waals surface area contributed by atoms with Gasteiger partial charge in [0.1, 0.15) is 5.82 Å². The van der Waals surface area contributed by atoms with E-state index in [1.165, 1.54) is 12.8 Å². The second-order valence-electron chi connectivity index (χ2n) is 7.59. The summed E-state index contributed by atoms with van der Waals surface area (Å²) < 4.78 is 13.2. The summed E-state index contributed by atoms with van der Waals surface area (Å²) >= 11 is 6.23. The fourth-order valence-corrected chi connectivity index (χ4v) is 4.75. The number of nitrogens with zero attached hydrogens (tertiary/aromatic N) is 6. The van der Waals surface area contributed by atoms with Gasteiger partial charge in [-0.25, -0.2) is 4.98 Å². The Morgan fingerprint density at radius 2 is 1.78 bits per heavy atom. The summed E-state index contributed by atoms with van der Waals surface area (Å²) in [5.41, 5.74) is 1.64. The highest BCUT2D eigenvalue weighted by atomic mass is 35.5. The molecule has 5 rings (SSSR count). The van der Waals surface area contributed by atoms with Gasteiger partial charge in [-0.1, -0.05) is 0 Å². The normalized spacial score (nSPS) is 26.2. The fraction of sp³-hybridized carbons (Fsp3) is 0.722. The van der Waals surface area contributed by atoms with E-state index in [4.69, 9.17) is 26.1 Å². The third kappa shape index (κ3) is 3.18. The number of imidazole rings is 1. The molecule has 9 heteroatoms. The Hall–Kier alpha value is -1.48. The number of morpholine rings is 2. The molecule has 27 heavy (non-hydrogen) atoms. The maximum absolute atomic E-state index is 6.23. The predicted molar refractivity (Wildman–Crippen MR) is 102 cm³/mol. The van der Waals surface area contributed by atoms with E-state index in [9.17, 15) is 0 Å². The highest BCUT2D eigenvalue weighted by Crippen LogP contribution is 2.30. The molecule has 0 amide bonds. The molecular formula is C18H25ClN6O2. The number of hydrogen-bond donors (Lipinski definition) is 0. The quantitative estimate of drug-likeness (QED) is 0.725. The van der Waals surface area contributed by atoms with Gasteiger partial charge in [0.25, 0.3) is 0 Å². The lowest BCUT2D eigenvalue weighted by Gasteiger charge is -2.34. The number of ether oxygens (including phenoxy) is 2. The molecule has 2 aromatic heterocycles. The van der Waals surface area contributed by atoms with E-state index >= 15 is 0 Å². The van der Waals surface area contributed by atoms with Gasteiger partial charge in [0, 0.05) is 45.2 Å². The molecule has 5 heterocycles. The van der Waals surface area contributed by atoms with Crippen molar-refractivity contribution in [2.24, 2.45) is 7.05 Å². The molecule has 3 saturated heterocycles. The molecule has 3 aliphatic heterocycles. The van der Waals surface area contributed by atoms with Crippen molar-refractivity contribution in [2.45, 2.75) is 31.3 Å². The minimum absolute atomic E-state index is 0.268. The van der Waals surface area contributed by atoms with Crippen molar-refractivity contribution in [3.05, 3.63) is 11.1 Å². The maximum Gasteiger partial charge on any atom is 0.226 e. The van der Waals surface area contributed by atoms with Crippen LogP contribution in [0.15, 0.2) is 0 Å². The molecule has 2 bridgehead atoms. The zero-order chi connectivity index (χ0) is 18.4. The van der Waals surface area contributed by atoms with Crippen LogP contribution in [0.25, 0.3) is 11.2 Å². The summed E-state index contributed by atoms with van der Waals surface area (Å²) in [6.45, 7) is 5.72. The van der Waals surface area contributed by atoms with Gasteiger partial charge in [-0.05, 0) is 24.4 Å². The highest BCUT2D eigenvalue weighted by Gasteiger charge is 2.37. The van der Waals surface area contributed by atoms with Crippen molar-refractivity contribution in [2.75, 3.05) is 51.0 Å². The monoisotopic (exact) mass is 392 g/mol. The Balaban J connectivity index is 1.42. The van der Waals surface area contributed by atoms with Crippen LogP contribution in [0.4, 0.5) is 5.82 Å². The first-order valence-electron chi connectivity index (χ1n) is 9.75. The van der Waals surface area contributed by atoms with Crippen LogP contribution in [-0.4, -0.2) is 82.6 Å². The fourth-order valence-electron chi connectivity index (χ4n) is 4.59. The van der Waals surface area contributed by atoms with Gasteiger partial charge in [0.2, 0.25) is 5.28 Å². The van der Waals surface area contributed by atoms with Gasteiger partial charge >= 0.3 is 0 Å². The molecule has 0 saturated carbocycles. The minimum Gasteiger partial charge on any atom is -0.378 e. The van der Waals surface area contributed by atoms with Crippen molar-refractivity contribution >= 4 is 28.6 Å². The van der Waals surface area contributed by atoms with E-state index in [-0.39, 0.29) is 5.28 Å². The zero-order valence-electron chi connectivity index (χ0n) is 15.6. The first-order valence-corrected chi connectivity index (χ1v) is 10.1. The zero-order valence-corrected chi connectivity index (χ0v) is 16.4. The second-order valence-corrected chi connectivity index (χ2v) is 7.92. The summed E-state index contributed by atoms with van der Waals surface area (Å²) in [6.07, 6.45) is 3.38. The highest BCUT2D eigenvalue weighted by molar-refractivity contribution is 6.28. The number of halogens is 1. The van der Waals surface area contributed by atoms with E-state index in [0.717, 1.165) is 62.1 Å². The van der Waals surface area contributed by atoms with Crippen molar-refractivity contribution in [1.82, 2.24) is 24.4 Å². The topological polar surface area (TPSA) is 68.5 Å². The van der Waals surface area contributed by atoms with Crippen LogP contribution < -0.4 is 4.90 Å². The largest absolute Gasteiger partial charge is 0.378 e. The lowest BCUT2D eigenvalue weighted by Crippen LogP contribution is -2.46.